The van der Waals surface area contributed by atoms with Gasteiger partial charge in [-0.15, -0.1) is 0 Å². The van der Waals surface area contributed by atoms with Crippen molar-refractivity contribution in [3.05, 3.63) is 59.7 Å². The number of alkyl halides is 3. The third-order valence-corrected chi connectivity index (χ3v) is 6.08. The van der Waals surface area contributed by atoms with E-state index in [1.54, 1.807) is 0 Å². The van der Waals surface area contributed by atoms with E-state index < -0.39 is 37.2 Å². The number of hydrogen-bond donors (Lipinski definition) is 2. The van der Waals surface area contributed by atoms with Gasteiger partial charge in [0.2, 0.25) is 5.91 Å². The smallest absolute Gasteiger partial charge is 0.407 e. The second kappa shape index (κ2) is 11.3. The summed E-state index contributed by atoms with van der Waals surface area (Å²) in [6, 6.07) is 15.8. The molecule has 11 heteroatoms. The van der Waals surface area contributed by atoms with Gasteiger partial charge < -0.3 is 20.1 Å². The first-order valence-electron chi connectivity index (χ1n) is 10.4. The van der Waals surface area contributed by atoms with Crippen molar-refractivity contribution in [1.82, 2.24) is 10.2 Å². The minimum Gasteiger partial charge on any atom is -0.480 e. The minimum absolute atomic E-state index is 0.0843. The molecule has 2 aromatic rings. The van der Waals surface area contributed by atoms with E-state index in [0.29, 0.717) is 0 Å². The van der Waals surface area contributed by atoms with E-state index >= 15 is 0 Å². The predicted molar refractivity (Wildman–Crippen MR) is 121 cm³/mol. The zero-order chi connectivity index (χ0) is 24.7. The van der Waals surface area contributed by atoms with E-state index in [0.717, 1.165) is 34.0 Å². The molecule has 0 atom stereocenters. The molecule has 1 aliphatic carbocycles. The summed E-state index contributed by atoms with van der Waals surface area (Å²) in [6.07, 6.45) is -5.33. The molecule has 0 fully saturated rings. The van der Waals surface area contributed by atoms with E-state index in [9.17, 15) is 27.6 Å². The maximum Gasteiger partial charge on any atom is 0.407 e. The van der Waals surface area contributed by atoms with E-state index in [1.807, 2.05) is 48.5 Å². The molecule has 0 radical (unpaired) electrons. The second-order valence-electron chi connectivity index (χ2n) is 7.56. The Balaban J connectivity index is 1.41. The molecule has 0 unspecified atom stereocenters. The summed E-state index contributed by atoms with van der Waals surface area (Å²) in [4.78, 5) is 35.0. The number of nitrogens with one attached hydrogen (secondary N) is 1. The summed E-state index contributed by atoms with van der Waals surface area (Å²) in [5.74, 6) is -2.65. The Hall–Kier alpha value is -3.21. The number of benzene rings is 2. The highest BCUT2D eigenvalue weighted by Gasteiger charge is 2.34. The lowest BCUT2D eigenvalue weighted by molar-refractivity contribution is -0.164. The van der Waals surface area contributed by atoms with Gasteiger partial charge in [-0.2, -0.15) is 24.9 Å². The van der Waals surface area contributed by atoms with Crippen molar-refractivity contribution >= 4 is 29.7 Å². The van der Waals surface area contributed by atoms with Gasteiger partial charge in [0.05, 0.1) is 5.75 Å². The number of carbonyl (C=O) groups excluding carboxylic acids is 2. The van der Waals surface area contributed by atoms with Gasteiger partial charge in [-0.25, -0.2) is 4.79 Å². The first-order chi connectivity index (χ1) is 16.2. The average Bonchev–Trinajstić information content (AvgIpc) is 3.09. The standard InChI is InChI=1S/C23H23F3N2O5S/c24-23(25,26)14-28(11-21(30)31)20(29)13-34-10-9-27-22(32)33-12-19-17-7-3-1-5-15(17)16-6-2-4-8-18(16)19/h1-8,19H,9-14H2,(H,27,32)(H,30,31). The van der Waals surface area contributed by atoms with Gasteiger partial charge in [-0.05, 0) is 22.3 Å². The normalized spacial score (nSPS) is 12.6. The van der Waals surface area contributed by atoms with Gasteiger partial charge in [-0.3, -0.25) is 9.59 Å². The van der Waals surface area contributed by atoms with Crippen molar-refractivity contribution in [2.24, 2.45) is 0 Å². The van der Waals surface area contributed by atoms with E-state index in [4.69, 9.17) is 9.84 Å². The van der Waals surface area contributed by atoms with Crippen molar-refractivity contribution in [2.45, 2.75) is 12.1 Å². The molecular weight excluding hydrogens is 473 g/mol. The van der Waals surface area contributed by atoms with E-state index in [-0.39, 0.29) is 35.5 Å². The fraction of sp³-hybridized carbons (Fsp3) is 0.348. The van der Waals surface area contributed by atoms with Crippen LogP contribution in [0.3, 0.4) is 0 Å². The molecule has 34 heavy (non-hydrogen) atoms. The van der Waals surface area contributed by atoms with Crippen LogP contribution in [-0.4, -0.2) is 71.9 Å². The van der Waals surface area contributed by atoms with Crippen LogP contribution in [0.2, 0.25) is 0 Å². The number of carboxylic acid groups (broad SMARTS) is 1. The van der Waals surface area contributed by atoms with Crippen molar-refractivity contribution in [2.75, 3.05) is 37.7 Å². The zero-order valence-corrected chi connectivity index (χ0v) is 18.8. The van der Waals surface area contributed by atoms with Crippen molar-refractivity contribution in [3.8, 4) is 11.1 Å². The molecular formula is C23H23F3N2O5S. The average molecular weight is 497 g/mol. The summed E-state index contributed by atoms with van der Waals surface area (Å²) < 4.78 is 43.0. The van der Waals surface area contributed by atoms with Crippen LogP contribution in [0, 0.1) is 0 Å². The van der Waals surface area contributed by atoms with Crippen LogP contribution in [0.1, 0.15) is 17.0 Å². The first kappa shape index (κ1) is 25.4. The molecule has 0 spiro atoms. The summed E-state index contributed by atoms with van der Waals surface area (Å²) in [5, 5.41) is 11.3. The molecule has 1 aliphatic rings. The number of thioether (sulfide) groups is 1. The quantitative estimate of drug-likeness (QED) is 0.487. The monoisotopic (exact) mass is 496 g/mol. The number of fused-ring (bicyclic) bond motifs is 3. The van der Waals surface area contributed by atoms with Crippen LogP contribution in [0.25, 0.3) is 11.1 Å². The van der Waals surface area contributed by atoms with Crippen molar-refractivity contribution < 1.29 is 37.4 Å². The molecule has 2 N–H and O–H groups in total. The molecule has 0 bridgehead atoms. The molecule has 182 valence electrons. The SMILES string of the molecule is O=C(O)CN(CC(F)(F)F)C(=O)CSCCNC(=O)OCC1c2ccccc2-c2ccccc21. The van der Waals surface area contributed by atoms with E-state index in [1.165, 1.54) is 0 Å². The maximum absolute atomic E-state index is 12.5. The maximum atomic E-state index is 12.5. The zero-order valence-electron chi connectivity index (χ0n) is 18.0. The minimum atomic E-state index is -4.69. The summed E-state index contributed by atoms with van der Waals surface area (Å²) in [6.45, 7) is -2.38. The Kier molecular flexibility index (Phi) is 8.43. The fourth-order valence-corrected chi connectivity index (χ4v) is 4.49. The Morgan fingerprint density at radius 2 is 1.62 bits per heavy atom. The van der Waals surface area contributed by atoms with E-state index in [2.05, 4.69) is 5.32 Å². The molecule has 0 saturated heterocycles. The molecule has 0 aromatic heterocycles. The predicted octanol–water partition coefficient (Wildman–Crippen LogP) is 3.73. The van der Waals surface area contributed by atoms with Gasteiger partial charge >= 0.3 is 18.2 Å². The summed E-state index contributed by atoms with van der Waals surface area (Å²) >= 11 is 0.988. The van der Waals surface area contributed by atoms with Crippen LogP contribution in [0.15, 0.2) is 48.5 Å². The highest BCUT2D eigenvalue weighted by molar-refractivity contribution is 7.99. The number of alkyl carbamates (subject to hydrolysis) is 1. The molecule has 2 aromatic carbocycles. The van der Waals surface area contributed by atoms with Crippen LogP contribution in [-0.2, 0) is 14.3 Å². The number of hydrogen-bond acceptors (Lipinski definition) is 5. The molecule has 2 amide bonds. The lowest BCUT2D eigenvalue weighted by Gasteiger charge is -2.21. The number of aliphatic carboxylic acids is 1. The van der Waals surface area contributed by atoms with Crippen LogP contribution < -0.4 is 5.32 Å². The van der Waals surface area contributed by atoms with Gasteiger partial charge in [-0.1, -0.05) is 48.5 Å². The van der Waals surface area contributed by atoms with Crippen LogP contribution >= 0.6 is 11.8 Å². The molecule has 0 aliphatic heterocycles. The number of carbonyl (C=O) groups is 3. The third-order valence-electron chi connectivity index (χ3n) is 5.13. The number of rotatable bonds is 10. The number of amides is 2. The third kappa shape index (κ3) is 6.89. The molecule has 0 heterocycles. The number of halogens is 3. The molecule has 7 nitrogen and oxygen atoms in total. The Morgan fingerprint density at radius 3 is 2.18 bits per heavy atom. The topological polar surface area (TPSA) is 95.9 Å². The lowest BCUT2D eigenvalue weighted by atomic mass is 9.98. The van der Waals surface area contributed by atoms with Crippen LogP contribution in [0.5, 0.6) is 0 Å². The Labute approximate surface area is 198 Å². The van der Waals surface area contributed by atoms with Crippen molar-refractivity contribution in [1.29, 1.82) is 0 Å². The highest BCUT2D eigenvalue weighted by Crippen LogP contribution is 2.44. The number of nitrogens with zero attached hydrogens (tertiary/aromatic N) is 1. The van der Waals surface area contributed by atoms with Gasteiger partial charge in [0.1, 0.15) is 19.7 Å². The van der Waals surface area contributed by atoms with Gasteiger partial charge in [0.25, 0.3) is 0 Å². The lowest BCUT2D eigenvalue weighted by Crippen LogP contribution is -2.43. The van der Waals surface area contributed by atoms with Gasteiger partial charge in [0, 0.05) is 18.2 Å². The Bertz CT molecular complexity index is 1000. The number of ether oxygens (including phenoxy) is 1. The molecule has 3 rings (SSSR count). The van der Waals surface area contributed by atoms with Crippen molar-refractivity contribution in [3.63, 3.8) is 0 Å². The number of carboxylic acids is 1. The van der Waals surface area contributed by atoms with Crippen LogP contribution in [0.4, 0.5) is 18.0 Å². The highest BCUT2D eigenvalue weighted by atomic mass is 32.2. The largest absolute Gasteiger partial charge is 0.480 e. The summed E-state index contributed by atoms with van der Waals surface area (Å²) in [7, 11) is 0. The first-order valence-corrected chi connectivity index (χ1v) is 11.5. The summed E-state index contributed by atoms with van der Waals surface area (Å²) in [5.41, 5.74) is 4.37. The van der Waals surface area contributed by atoms with Gasteiger partial charge in [0.15, 0.2) is 0 Å². The molecule has 0 saturated carbocycles. The fourth-order valence-electron chi connectivity index (χ4n) is 3.74. The second-order valence-corrected chi connectivity index (χ2v) is 8.67. The Morgan fingerprint density at radius 1 is 1.03 bits per heavy atom.